The summed E-state index contributed by atoms with van der Waals surface area (Å²) in [6.07, 6.45) is -4.02. The van der Waals surface area contributed by atoms with E-state index in [4.69, 9.17) is 27.6 Å². The van der Waals surface area contributed by atoms with E-state index >= 15 is 0 Å². The number of nitrogens with one attached hydrogen (secondary N) is 1. The van der Waals surface area contributed by atoms with Gasteiger partial charge in [0.25, 0.3) is 0 Å². The first-order valence-corrected chi connectivity index (χ1v) is 17.2. The summed E-state index contributed by atoms with van der Waals surface area (Å²) >= 11 is 5.83. The lowest BCUT2D eigenvalue weighted by Gasteiger charge is -2.24. The van der Waals surface area contributed by atoms with Crippen LogP contribution in [0.15, 0.2) is 12.5 Å². The number of aliphatic hydroxyl groups is 2. The van der Waals surface area contributed by atoms with Crippen molar-refractivity contribution >= 4 is 66.3 Å². The minimum absolute atomic E-state index is 0.487. The zero-order valence-electron chi connectivity index (χ0n) is 19.5. The van der Waals surface area contributed by atoms with Gasteiger partial charge in [-0.2, -0.15) is 0 Å². The van der Waals surface area contributed by atoms with Crippen molar-refractivity contribution in [2.45, 2.75) is 59.8 Å². The fourth-order valence-electron chi connectivity index (χ4n) is 5.02. The van der Waals surface area contributed by atoms with Crippen molar-refractivity contribution < 1.29 is 51.8 Å². The third kappa shape index (κ3) is 5.19. The molecule has 3 fully saturated rings. The number of hydrogen-bond acceptors (Lipinski definition) is 13. The summed E-state index contributed by atoms with van der Waals surface area (Å²) in [4.78, 5) is 19.1. The van der Waals surface area contributed by atoms with Crippen molar-refractivity contribution in [2.24, 2.45) is 0 Å². The molecule has 2 unspecified atom stereocenters. The van der Waals surface area contributed by atoms with E-state index in [1.165, 1.54) is 6.33 Å². The number of rotatable bonds is 1. The first-order valence-electron chi connectivity index (χ1n) is 11.7. The molecule has 4 N–H and O–H groups in total. The number of aliphatic hydroxyl groups excluding tert-OH is 2. The highest BCUT2D eigenvalue weighted by molar-refractivity contribution is 14.1. The number of nitrogens with zero attached hydrogens (tertiary/aromatic N) is 3. The number of aryl methyl sites for hydroxylation is 1. The number of ether oxygens (including phenoxy) is 2. The SMILES string of the molecule is O=P1(O)OCC2O[C@@H](I)[C@H](O[P@@](=O)(S)OC[C@H]3O[C@@H](n4cc5c6c(ncnc64)NCCC5)[C@H](O)[C@@H]3O1)[C@@H]2O. The summed E-state index contributed by atoms with van der Waals surface area (Å²) in [5.41, 5.74) is 1.43. The lowest BCUT2D eigenvalue weighted by molar-refractivity contribution is -0.0495. The van der Waals surface area contributed by atoms with E-state index in [0.717, 1.165) is 30.3 Å². The average molecular weight is 706 g/mol. The predicted molar refractivity (Wildman–Crippen MR) is 141 cm³/mol. The van der Waals surface area contributed by atoms with E-state index < -0.39 is 74.8 Å². The Morgan fingerprint density at radius 3 is 2.68 bits per heavy atom. The maximum absolute atomic E-state index is 13.0. The van der Waals surface area contributed by atoms with Crippen LogP contribution in [0.5, 0.6) is 0 Å². The molecule has 6 rings (SSSR count). The molecule has 4 aliphatic rings. The van der Waals surface area contributed by atoms with E-state index in [0.29, 0.717) is 11.5 Å². The van der Waals surface area contributed by atoms with Gasteiger partial charge in [-0.05, 0) is 41.0 Å². The van der Waals surface area contributed by atoms with Gasteiger partial charge in [0, 0.05) is 12.7 Å². The molecule has 2 bridgehead atoms. The first-order chi connectivity index (χ1) is 18.0. The molecule has 0 aliphatic carbocycles. The van der Waals surface area contributed by atoms with Crippen LogP contribution in [-0.2, 0) is 43.1 Å². The van der Waals surface area contributed by atoms with Gasteiger partial charge >= 0.3 is 14.6 Å². The largest absolute Gasteiger partial charge is 0.472 e. The van der Waals surface area contributed by atoms with Crippen LogP contribution < -0.4 is 5.32 Å². The van der Waals surface area contributed by atoms with Gasteiger partial charge in [-0.3, -0.25) is 18.1 Å². The van der Waals surface area contributed by atoms with Crippen molar-refractivity contribution in [3.05, 3.63) is 18.1 Å². The zero-order valence-corrected chi connectivity index (χ0v) is 24.3. The minimum Gasteiger partial charge on any atom is -0.387 e. The zero-order chi connectivity index (χ0) is 26.8. The Bertz CT molecular complexity index is 1320. The predicted octanol–water partition coefficient (Wildman–Crippen LogP) is 1.52. The van der Waals surface area contributed by atoms with E-state index in [1.54, 1.807) is 10.8 Å². The third-order valence-corrected chi connectivity index (χ3v) is 10.4. The first kappa shape index (κ1) is 27.8. The van der Waals surface area contributed by atoms with Gasteiger partial charge in [0.1, 0.15) is 58.5 Å². The summed E-state index contributed by atoms with van der Waals surface area (Å²) < 4.78 is 59.6. The summed E-state index contributed by atoms with van der Waals surface area (Å²) in [5, 5.41) is 25.8. The lowest BCUT2D eigenvalue weighted by atomic mass is 10.1. The van der Waals surface area contributed by atoms with Gasteiger partial charge in [0.2, 0.25) is 0 Å². The molecular weight excluding hydrogens is 681 g/mol. The van der Waals surface area contributed by atoms with Gasteiger partial charge in [-0.15, -0.1) is 0 Å². The molecule has 10 atom stereocenters. The lowest BCUT2D eigenvalue weighted by Crippen LogP contribution is -2.36. The summed E-state index contributed by atoms with van der Waals surface area (Å²) in [6.45, 7) is -4.37. The minimum atomic E-state index is -4.80. The molecule has 19 heteroatoms. The Morgan fingerprint density at radius 1 is 1.08 bits per heavy atom. The molecule has 2 aromatic rings. The fourth-order valence-corrected chi connectivity index (χ4v) is 8.63. The van der Waals surface area contributed by atoms with Crippen molar-refractivity contribution in [1.29, 1.82) is 0 Å². The van der Waals surface area contributed by atoms with E-state index in [2.05, 4.69) is 27.5 Å². The Hall–Kier alpha value is -0.400. The number of fused-ring (bicyclic) bond motifs is 3. The van der Waals surface area contributed by atoms with Crippen LogP contribution in [-0.4, -0.2) is 90.1 Å². The van der Waals surface area contributed by atoms with E-state index in [9.17, 15) is 24.2 Å². The monoisotopic (exact) mass is 706 g/mol. The second kappa shape index (κ2) is 10.5. The van der Waals surface area contributed by atoms with Crippen molar-refractivity contribution in [3.63, 3.8) is 0 Å². The number of thiol groups is 1. The Kier molecular flexibility index (Phi) is 7.64. The van der Waals surface area contributed by atoms with Gasteiger partial charge in [-0.1, -0.05) is 12.2 Å². The molecular formula is C19H25IN4O11P2S. The molecule has 0 radical (unpaired) electrons. The van der Waals surface area contributed by atoms with Crippen LogP contribution in [0.3, 0.4) is 0 Å². The molecule has 0 aromatic carbocycles. The van der Waals surface area contributed by atoms with Gasteiger partial charge < -0.3 is 34.5 Å². The number of phosphoric ester groups is 1. The number of halogens is 1. The normalized spacial score (nSPS) is 43.9. The molecule has 0 spiro atoms. The number of hydrogen-bond donors (Lipinski definition) is 5. The van der Waals surface area contributed by atoms with E-state index in [-0.39, 0.29) is 0 Å². The molecule has 0 saturated carbocycles. The van der Waals surface area contributed by atoms with Gasteiger partial charge in [0.15, 0.2) is 6.23 Å². The van der Waals surface area contributed by atoms with Crippen LogP contribution in [0, 0.1) is 0 Å². The molecule has 3 saturated heterocycles. The smallest absolute Gasteiger partial charge is 0.387 e. The second-order valence-corrected chi connectivity index (χ2v) is 14.8. The molecule has 4 aliphatic heterocycles. The number of phosphoric acid groups is 1. The quantitative estimate of drug-likeness (QED) is 0.124. The number of anilines is 1. The maximum Gasteiger partial charge on any atom is 0.472 e. The molecule has 6 heterocycles. The van der Waals surface area contributed by atoms with Crippen molar-refractivity contribution in [3.8, 4) is 0 Å². The van der Waals surface area contributed by atoms with Crippen LogP contribution in [0.2, 0.25) is 0 Å². The average Bonchev–Trinajstić information content (AvgIpc) is 3.39. The van der Waals surface area contributed by atoms with Crippen LogP contribution in [0.4, 0.5) is 5.82 Å². The van der Waals surface area contributed by atoms with E-state index in [1.807, 2.05) is 22.6 Å². The second-order valence-electron chi connectivity index (χ2n) is 9.25. The summed E-state index contributed by atoms with van der Waals surface area (Å²) in [5.74, 6) is 0.657. The molecule has 210 valence electrons. The standard InChI is InChI=1S/C19H25IN4O11P2S/c20-16-15-12(25)9(32-16)5-30-36(27,28)34-14-10(6-31-37(29,38)35-15)33-19(13(14)26)24-4-8-2-1-3-21-17-11(8)18(24)23-7-22-17/h4,7,9-10,12-16,19,25-26H,1-3,5-6H2,(H,27,28)(H,29,38)(H,21,22,23)/t9?,10-,12-,13-,14-,15-,16-,19-,37+/m1/s1. The van der Waals surface area contributed by atoms with Gasteiger partial charge in [0.05, 0.1) is 18.6 Å². The van der Waals surface area contributed by atoms with Crippen molar-refractivity contribution in [1.82, 2.24) is 14.5 Å². The highest BCUT2D eigenvalue weighted by Gasteiger charge is 2.52. The van der Waals surface area contributed by atoms with Crippen LogP contribution in [0.1, 0.15) is 18.2 Å². The molecule has 38 heavy (non-hydrogen) atoms. The maximum atomic E-state index is 13.0. The number of aromatic nitrogens is 3. The Morgan fingerprint density at radius 2 is 1.87 bits per heavy atom. The highest BCUT2D eigenvalue weighted by Crippen LogP contribution is 2.57. The molecule has 15 nitrogen and oxygen atoms in total. The third-order valence-electron chi connectivity index (χ3n) is 6.78. The topological polar surface area (TPSA) is 193 Å². The highest BCUT2D eigenvalue weighted by atomic mass is 127. The van der Waals surface area contributed by atoms with Crippen LogP contribution >= 0.6 is 49.5 Å². The molecule has 0 amide bonds. The number of alkyl halides is 1. The Labute approximate surface area is 234 Å². The van der Waals surface area contributed by atoms with Crippen LogP contribution in [0.25, 0.3) is 11.0 Å². The van der Waals surface area contributed by atoms with Crippen molar-refractivity contribution in [2.75, 3.05) is 25.1 Å². The Balaban J connectivity index is 1.33. The molecule has 2 aromatic heterocycles. The van der Waals surface area contributed by atoms with Gasteiger partial charge in [-0.25, -0.2) is 19.1 Å². The summed E-state index contributed by atoms with van der Waals surface area (Å²) in [7, 11) is -4.80. The summed E-state index contributed by atoms with van der Waals surface area (Å²) in [6, 6.07) is 0. The fraction of sp³-hybridized carbons (Fsp3) is 0.684.